The lowest BCUT2D eigenvalue weighted by Gasteiger charge is -2.23. The maximum absolute atomic E-state index is 12.9. The van der Waals surface area contributed by atoms with E-state index in [2.05, 4.69) is 12.2 Å². The number of carbonyl (C=O) groups excluding carboxylic acids is 1. The second-order valence-electron chi connectivity index (χ2n) is 6.43. The molecule has 3 aromatic carbocycles. The fraction of sp³-hybridized carbons (Fsp3) is 0.174. The van der Waals surface area contributed by atoms with Crippen molar-refractivity contribution < 1.29 is 9.53 Å². The van der Waals surface area contributed by atoms with Gasteiger partial charge in [-0.15, -0.1) is 0 Å². The summed E-state index contributed by atoms with van der Waals surface area (Å²) in [6.07, 6.45) is 2.15. The zero-order valence-corrected chi connectivity index (χ0v) is 16.0. The Bertz CT molecular complexity index is 878. The van der Waals surface area contributed by atoms with Crippen molar-refractivity contribution in [1.82, 2.24) is 5.32 Å². The molecule has 0 aromatic heterocycles. The van der Waals surface area contributed by atoms with Crippen LogP contribution in [0.2, 0.25) is 0 Å². The summed E-state index contributed by atoms with van der Waals surface area (Å²) in [5.74, 6) is 0.721. The van der Waals surface area contributed by atoms with Gasteiger partial charge < -0.3 is 15.8 Å². The number of nitrogens with two attached hydrogens (primary N) is 1. The van der Waals surface area contributed by atoms with Gasteiger partial charge in [0, 0.05) is 5.69 Å². The summed E-state index contributed by atoms with van der Waals surface area (Å²) >= 11 is 0. The molecule has 0 heterocycles. The Balaban J connectivity index is 1.67. The van der Waals surface area contributed by atoms with Crippen molar-refractivity contribution in [3.63, 3.8) is 0 Å². The molecule has 0 radical (unpaired) electrons. The fourth-order valence-electron chi connectivity index (χ4n) is 2.89. The van der Waals surface area contributed by atoms with Crippen molar-refractivity contribution in [2.45, 2.75) is 19.8 Å². The van der Waals surface area contributed by atoms with Crippen LogP contribution in [0.15, 0.2) is 78.9 Å². The van der Waals surface area contributed by atoms with E-state index in [1.54, 1.807) is 17.0 Å². The van der Waals surface area contributed by atoms with Gasteiger partial charge in [-0.25, -0.2) is 4.79 Å². The molecule has 3 rings (SSSR count). The summed E-state index contributed by atoms with van der Waals surface area (Å²) in [6.45, 7) is 2.23. The summed E-state index contributed by atoms with van der Waals surface area (Å²) in [5, 5.41) is 2.82. The van der Waals surface area contributed by atoms with Crippen LogP contribution in [0.1, 0.15) is 18.9 Å². The van der Waals surface area contributed by atoms with Gasteiger partial charge in [-0.3, -0.25) is 4.90 Å². The van der Waals surface area contributed by atoms with Gasteiger partial charge >= 0.3 is 6.03 Å². The van der Waals surface area contributed by atoms with E-state index >= 15 is 0 Å². The van der Waals surface area contributed by atoms with Crippen molar-refractivity contribution in [3.8, 4) is 5.75 Å². The van der Waals surface area contributed by atoms with Crippen LogP contribution < -0.4 is 20.7 Å². The average Bonchev–Trinajstić information content (AvgIpc) is 2.72. The van der Waals surface area contributed by atoms with Crippen molar-refractivity contribution in [3.05, 3.63) is 84.4 Å². The van der Waals surface area contributed by atoms with Crippen molar-refractivity contribution >= 4 is 23.1 Å². The summed E-state index contributed by atoms with van der Waals surface area (Å²) in [7, 11) is 0. The molecule has 0 aliphatic rings. The van der Waals surface area contributed by atoms with Crippen LogP contribution >= 0.6 is 0 Å². The van der Waals surface area contributed by atoms with E-state index in [4.69, 9.17) is 10.5 Å². The van der Waals surface area contributed by atoms with Crippen LogP contribution in [0.4, 0.5) is 21.9 Å². The molecule has 3 N–H and O–H groups in total. The topological polar surface area (TPSA) is 67.6 Å². The predicted molar refractivity (Wildman–Crippen MR) is 114 cm³/mol. The number of benzene rings is 3. The molecule has 0 atom stereocenters. The van der Waals surface area contributed by atoms with Crippen LogP contribution in [0.5, 0.6) is 5.75 Å². The van der Waals surface area contributed by atoms with Crippen LogP contribution in [0.25, 0.3) is 0 Å². The average molecular weight is 375 g/mol. The normalized spacial score (nSPS) is 10.3. The van der Waals surface area contributed by atoms with Gasteiger partial charge in [0.15, 0.2) is 6.73 Å². The molecule has 0 aliphatic heterocycles. The molecule has 28 heavy (non-hydrogen) atoms. The molecule has 2 amide bonds. The van der Waals surface area contributed by atoms with Gasteiger partial charge in [0.2, 0.25) is 0 Å². The van der Waals surface area contributed by atoms with Crippen LogP contribution in [-0.4, -0.2) is 12.8 Å². The number of amides is 2. The molecular formula is C23H25N3O2. The molecule has 0 fully saturated rings. The molecule has 0 saturated heterocycles. The first-order valence-corrected chi connectivity index (χ1v) is 9.37. The number of rotatable bonds is 7. The lowest BCUT2D eigenvalue weighted by molar-refractivity contribution is 0.231. The Morgan fingerprint density at radius 3 is 2.21 bits per heavy atom. The first kappa shape index (κ1) is 19.3. The van der Waals surface area contributed by atoms with Gasteiger partial charge in [0.1, 0.15) is 5.75 Å². The van der Waals surface area contributed by atoms with Crippen molar-refractivity contribution in [1.29, 1.82) is 0 Å². The number of anilines is 3. The molecule has 0 unspecified atom stereocenters. The van der Waals surface area contributed by atoms with Gasteiger partial charge in [-0.05, 0) is 60.5 Å². The third-order valence-electron chi connectivity index (χ3n) is 4.29. The lowest BCUT2D eigenvalue weighted by atomic mass is 10.1. The lowest BCUT2D eigenvalue weighted by Crippen LogP contribution is -2.38. The summed E-state index contributed by atoms with van der Waals surface area (Å²) in [5.41, 5.74) is 9.18. The second-order valence-corrected chi connectivity index (χ2v) is 6.43. The quantitative estimate of drug-likeness (QED) is 0.446. The molecule has 0 spiro atoms. The van der Waals surface area contributed by atoms with Crippen LogP contribution in [0.3, 0.4) is 0 Å². The van der Waals surface area contributed by atoms with Crippen molar-refractivity contribution in [2.75, 3.05) is 17.4 Å². The molecule has 0 bridgehead atoms. The number of aryl methyl sites for hydroxylation is 1. The fourth-order valence-corrected chi connectivity index (χ4v) is 2.89. The molecule has 0 saturated carbocycles. The first-order chi connectivity index (χ1) is 13.7. The molecule has 0 aliphatic carbocycles. The van der Waals surface area contributed by atoms with Crippen LogP contribution in [0, 0.1) is 0 Å². The van der Waals surface area contributed by atoms with E-state index in [9.17, 15) is 4.79 Å². The van der Waals surface area contributed by atoms with Gasteiger partial charge in [0.25, 0.3) is 0 Å². The molecule has 5 nitrogen and oxygen atoms in total. The Morgan fingerprint density at radius 2 is 1.57 bits per heavy atom. The minimum atomic E-state index is -0.279. The molecule has 5 heteroatoms. The van der Waals surface area contributed by atoms with E-state index < -0.39 is 0 Å². The highest BCUT2D eigenvalue weighted by atomic mass is 16.5. The van der Waals surface area contributed by atoms with Crippen molar-refractivity contribution in [2.24, 2.45) is 0 Å². The number of nitrogen functional groups attached to an aromatic ring is 1. The van der Waals surface area contributed by atoms with E-state index in [1.165, 1.54) is 5.56 Å². The Hall–Kier alpha value is -3.47. The highest BCUT2D eigenvalue weighted by Crippen LogP contribution is 2.26. The highest BCUT2D eigenvalue weighted by Gasteiger charge is 2.17. The van der Waals surface area contributed by atoms with E-state index in [-0.39, 0.29) is 12.8 Å². The van der Waals surface area contributed by atoms with E-state index in [0.717, 1.165) is 30.0 Å². The molecule has 3 aromatic rings. The number of hydrogen-bond acceptors (Lipinski definition) is 3. The minimum absolute atomic E-state index is 0.0737. The Labute approximate surface area is 165 Å². The Kier molecular flexibility index (Phi) is 6.52. The van der Waals surface area contributed by atoms with Gasteiger partial charge in [-0.1, -0.05) is 43.7 Å². The number of carbonyl (C=O) groups is 1. The van der Waals surface area contributed by atoms with Gasteiger partial charge in [-0.2, -0.15) is 0 Å². The summed E-state index contributed by atoms with van der Waals surface area (Å²) in [4.78, 5) is 14.5. The Morgan fingerprint density at radius 1 is 0.929 bits per heavy atom. The first-order valence-electron chi connectivity index (χ1n) is 9.37. The van der Waals surface area contributed by atoms with E-state index in [0.29, 0.717) is 5.69 Å². The molecule has 144 valence electrons. The summed E-state index contributed by atoms with van der Waals surface area (Å²) in [6, 6.07) is 24.3. The molecular weight excluding hydrogens is 350 g/mol. The zero-order chi connectivity index (χ0) is 19.8. The number of para-hydroxylation sites is 1. The minimum Gasteiger partial charge on any atom is -0.473 e. The van der Waals surface area contributed by atoms with Gasteiger partial charge in [0.05, 0.1) is 11.4 Å². The standard InChI is InChI=1S/C23H25N3O2/c1-2-6-18-9-15-22(16-10-18)28-17-25-23(27)26(20-7-4-3-5-8-20)21-13-11-19(24)12-14-21/h3-5,7-16H,2,6,17,24H2,1H3,(H,25,27). The predicted octanol–water partition coefficient (Wildman–Crippen LogP) is 5.11. The SMILES string of the molecule is CCCc1ccc(OCNC(=O)N(c2ccccc2)c2ccc(N)cc2)cc1. The largest absolute Gasteiger partial charge is 0.473 e. The number of ether oxygens (including phenoxy) is 1. The number of nitrogens with zero attached hydrogens (tertiary/aromatic N) is 1. The van der Waals surface area contributed by atoms with E-state index in [1.807, 2.05) is 66.7 Å². The maximum atomic E-state index is 12.9. The van der Waals surface area contributed by atoms with Crippen LogP contribution in [-0.2, 0) is 6.42 Å². The number of nitrogens with one attached hydrogen (secondary N) is 1. The maximum Gasteiger partial charge on any atom is 0.329 e. The third-order valence-corrected chi connectivity index (χ3v) is 4.29. The monoisotopic (exact) mass is 375 g/mol. The number of urea groups is 1. The zero-order valence-electron chi connectivity index (χ0n) is 16.0. The highest BCUT2D eigenvalue weighted by molar-refractivity contribution is 5.99. The third kappa shape index (κ3) is 5.04. The second kappa shape index (κ2) is 9.46. The summed E-state index contributed by atoms with van der Waals surface area (Å²) < 4.78 is 5.67. The smallest absolute Gasteiger partial charge is 0.329 e. The number of hydrogen-bond donors (Lipinski definition) is 2.